The van der Waals surface area contributed by atoms with Crippen molar-refractivity contribution in [3.8, 4) is 5.75 Å². The Labute approximate surface area is 144 Å². The summed E-state index contributed by atoms with van der Waals surface area (Å²) in [5.41, 5.74) is 1.04. The molecule has 0 aliphatic heterocycles. The molecule has 6 nitrogen and oxygen atoms in total. The number of hydrogen-bond donors (Lipinski definition) is 1. The van der Waals surface area contributed by atoms with E-state index in [0.29, 0.717) is 22.9 Å². The summed E-state index contributed by atoms with van der Waals surface area (Å²) in [7, 11) is 0. The molecule has 0 aliphatic carbocycles. The first kappa shape index (κ1) is 17.7. The number of halogens is 1. The number of hydrogen-bond acceptors (Lipinski definition) is 4. The third-order valence-electron chi connectivity index (χ3n) is 3.43. The van der Waals surface area contributed by atoms with Gasteiger partial charge in [0.25, 0.3) is 11.6 Å². The van der Waals surface area contributed by atoms with E-state index < -0.39 is 11.0 Å². The van der Waals surface area contributed by atoms with Crippen LogP contribution in [0.1, 0.15) is 18.9 Å². The molecule has 2 aromatic carbocycles. The quantitative estimate of drug-likeness (QED) is 0.621. The van der Waals surface area contributed by atoms with E-state index in [1.165, 1.54) is 12.1 Å². The standard InChI is InChI=1S/C17H17ClN2O4/c1-3-16(24-14-6-4-5-12(18)9-14)17(21)19-15-10-13(20(22)23)8-7-11(15)2/h4-10,16H,3H2,1-2H3,(H,19,21). The zero-order valence-corrected chi connectivity index (χ0v) is 14.0. The molecule has 2 rings (SSSR count). The van der Waals surface area contributed by atoms with Crippen molar-refractivity contribution in [1.82, 2.24) is 0 Å². The van der Waals surface area contributed by atoms with E-state index in [2.05, 4.69) is 5.32 Å². The van der Waals surface area contributed by atoms with Crippen LogP contribution >= 0.6 is 11.6 Å². The minimum Gasteiger partial charge on any atom is -0.481 e. The Morgan fingerprint density at radius 3 is 2.71 bits per heavy atom. The number of amides is 1. The number of ether oxygens (including phenoxy) is 1. The highest BCUT2D eigenvalue weighted by atomic mass is 35.5. The minimum absolute atomic E-state index is 0.0836. The lowest BCUT2D eigenvalue weighted by atomic mass is 10.1. The lowest BCUT2D eigenvalue weighted by Crippen LogP contribution is -2.32. The number of nitrogens with zero attached hydrogens (tertiary/aromatic N) is 1. The number of anilines is 1. The van der Waals surface area contributed by atoms with Crippen molar-refractivity contribution in [1.29, 1.82) is 0 Å². The van der Waals surface area contributed by atoms with E-state index in [4.69, 9.17) is 16.3 Å². The molecule has 0 heterocycles. The predicted molar refractivity (Wildman–Crippen MR) is 92.6 cm³/mol. The van der Waals surface area contributed by atoms with Gasteiger partial charge < -0.3 is 10.1 Å². The summed E-state index contributed by atoms with van der Waals surface area (Å²) < 4.78 is 5.67. The zero-order chi connectivity index (χ0) is 17.7. The molecule has 0 aromatic heterocycles. The summed E-state index contributed by atoms with van der Waals surface area (Å²) in [5.74, 6) is 0.112. The topological polar surface area (TPSA) is 81.5 Å². The average molecular weight is 349 g/mol. The van der Waals surface area contributed by atoms with Crippen molar-refractivity contribution < 1.29 is 14.5 Å². The highest BCUT2D eigenvalue weighted by Crippen LogP contribution is 2.23. The van der Waals surface area contributed by atoms with Crippen molar-refractivity contribution in [2.75, 3.05) is 5.32 Å². The molecule has 0 saturated heterocycles. The highest BCUT2D eigenvalue weighted by Gasteiger charge is 2.20. The van der Waals surface area contributed by atoms with Crippen LogP contribution in [0.2, 0.25) is 5.02 Å². The predicted octanol–water partition coefficient (Wildman–Crippen LogP) is 4.35. The van der Waals surface area contributed by atoms with Gasteiger partial charge in [-0.1, -0.05) is 30.7 Å². The molecule has 24 heavy (non-hydrogen) atoms. The smallest absolute Gasteiger partial charge is 0.271 e. The lowest BCUT2D eigenvalue weighted by molar-refractivity contribution is -0.384. The molecule has 0 fully saturated rings. The fraction of sp³-hybridized carbons (Fsp3) is 0.235. The van der Waals surface area contributed by atoms with Gasteiger partial charge in [-0.3, -0.25) is 14.9 Å². The molecule has 2 aromatic rings. The van der Waals surface area contributed by atoms with Crippen molar-refractivity contribution in [2.45, 2.75) is 26.4 Å². The molecular formula is C17H17ClN2O4. The summed E-state index contributed by atoms with van der Waals surface area (Å²) in [5, 5.41) is 14.1. The van der Waals surface area contributed by atoms with Gasteiger partial charge >= 0.3 is 0 Å². The van der Waals surface area contributed by atoms with Crippen molar-refractivity contribution in [3.63, 3.8) is 0 Å². The Morgan fingerprint density at radius 1 is 1.33 bits per heavy atom. The second-order valence-corrected chi connectivity index (χ2v) is 5.65. The molecule has 7 heteroatoms. The maximum Gasteiger partial charge on any atom is 0.271 e. The Balaban J connectivity index is 2.15. The maximum atomic E-state index is 12.4. The summed E-state index contributed by atoms with van der Waals surface area (Å²) in [6.07, 6.45) is -0.297. The van der Waals surface area contributed by atoms with Crippen LogP contribution in [0, 0.1) is 17.0 Å². The van der Waals surface area contributed by atoms with Crippen molar-refractivity contribution in [2.24, 2.45) is 0 Å². The van der Waals surface area contributed by atoms with Crippen LogP contribution in [-0.4, -0.2) is 16.9 Å². The molecule has 1 atom stereocenters. The third kappa shape index (κ3) is 4.45. The molecule has 0 saturated carbocycles. The number of aryl methyl sites for hydroxylation is 1. The number of nitro benzene ring substituents is 1. The van der Waals surface area contributed by atoms with Gasteiger partial charge in [0.05, 0.1) is 10.6 Å². The second kappa shape index (κ2) is 7.79. The fourth-order valence-electron chi connectivity index (χ4n) is 2.10. The van der Waals surface area contributed by atoms with Crippen LogP contribution in [0.5, 0.6) is 5.75 Å². The van der Waals surface area contributed by atoms with E-state index in [-0.39, 0.29) is 11.6 Å². The number of benzene rings is 2. The number of nitro groups is 1. The highest BCUT2D eigenvalue weighted by molar-refractivity contribution is 6.30. The zero-order valence-electron chi connectivity index (χ0n) is 13.3. The minimum atomic E-state index is -0.734. The van der Waals surface area contributed by atoms with E-state index in [1.807, 2.05) is 6.92 Å². The van der Waals surface area contributed by atoms with Crippen LogP contribution in [-0.2, 0) is 4.79 Å². The largest absolute Gasteiger partial charge is 0.481 e. The Kier molecular flexibility index (Phi) is 5.76. The number of carbonyl (C=O) groups excluding carboxylic acids is 1. The monoisotopic (exact) mass is 348 g/mol. The van der Waals surface area contributed by atoms with Crippen LogP contribution in [0.3, 0.4) is 0 Å². The molecule has 0 aliphatic rings. The molecule has 1 N–H and O–H groups in total. The van der Waals surface area contributed by atoms with Crippen molar-refractivity contribution in [3.05, 3.63) is 63.2 Å². The van der Waals surface area contributed by atoms with Gasteiger partial charge in [0.2, 0.25) is 0 Å². The summed E-state index contributed by atoms with van der Waals surface area (Å²) in [4.78, 5) is 22.8. The third-order valence-corrected chi connectivity index (χ3v) is 3.66. The van der Waals surface area contributed by atoms with E-state index in [1.54, 1.807) is 37.3 Å². The van der Waals surface area contributed by atoms with Gasteiger partial charge in [0, 0.05) is 17.2 Å². The number of non-ortho nitro benzene ring substituents is 1. The van der Waals surface area contributed by atoms with Gasteiger partial charge in [-0.25, -0.2) is 0 Å². The van der Waals surface area contributed by atoms with Crippen LogP contribution in [0.25, 0.3) is 0 Å². The van der Waals surface area contributed by atoms with Crippen molar-refractivity contribution >= 4 is 28.9 Å². The van der Waals surface area contributed by atoms with E-state index in [9.17, 15) is 14.9 Å². The van der Waals surface area contributed by atoms with Crippen LogP contribution in [0.15, 0.2) is 42.5 Å². The molecule has 0 radical (unpaired) electrons. The molecule has 0 bridgehead atoms. The first-order valence-electron chi connectivity index (χ1n) is 7.39. The summed E-state index contributed by atoms with van der Waals surface area (Å²) in [6, 6.07) is 11.1. The Morgan fingerprint density at radius 2 is 2.08 bits per heavy atom. The molecule has 1 unspecified atom stereocenters. The van der Waals surface area contributed by atoms with Gasteiger partial charge in [0.15, 0.2) is 6.10 Å². The molecule has 126 valence electrons. The number of rotatable bonds is 6. The number of carbonyl (C=O) groups is 1. The first-order valence-corrected chi connectivity index (χ1v) is 7.76. The number of nitrogens with one attached hydrogen (secondary N) is 1. The average Bonchev–Trinajstić information content (AvgIpc) is 2.54. The normalized spacial score (nSPS) is 11.6. The molecule has 1 amide bonds. The maximum absolute atomic E-state index is 12.4. The lowest BCUT2D eigenvalue weighted by Gasteiger charge is -2.18. The van der Waals surface area contributed by atoms with Crippen LogP contribution < -0.4 is 10.1 Å². The van der Waals surface area contributed by atoms with Gasteiger partial charge in [-0.2, -0.15) is 0 Å². The summed E-state index contributed by atoms with van der Waals surface area (Å²) >= 11 is 5.90. The summed E-state index contributed by atoms with van der Waals surface area (Å²) in [6.45, 7) is 3.58. The van der Waals surface area contributed by atoms with Crippen LogP contribution in [0.4, 0.5) is 11.4 Å². The second-order valence-electron chi connectivity index (χ2n) is 5.22. The molecular weight excluding hydrogens is 332 g/mol. The molecule has 0 spiro atoms. The van der Waals surface area contributed by atoms with Gasteiger partial charge in [0.1, 0.15) is 5.75 Å². The Bertz CT molecular complexity index is 764. The van der Waals surface area contributed by atoms with Gasteiger partial charge in [-0.05, 0) is 37.1 Å². The first-order chi connectivity index (χ1) is 11.4. The Hall–Kier alpha value is -2.60. The van der Waals surface area contributed by atoms with Gasteiger partial charge in [-0.15, -0.1) is 0 Å². The fourth-order valence-corrected chi connectivity index (χ4v) is 2.28. The van der Waals surface area contributed by atoms with E-state index >= 15 is 0 Å². The van der Waals surface area contributed by atoms with E-state index in [0.717, 1.165) is 5.56 Å². The SMILES string of the molecule is CCC(Oc1cccc(Cl)c1)C(=O)Nc1cc([N+](=O)[O-])ccc1C.